The molecule has 0 fully saturated rings. The Kier molecular flexibility index (Phi) is 6.37. The van der Waals surface area contributed by atoms with E-state index in [0.717, 1.165) is 5.56 Å². The third-order valence-corrected chi connectivity index (χ3v) is 4.28. The van der Waals surface area contributed by atoms with Crippen LogP contribution in [0.1, 0.15) is 35.8 Å². The summed E-state index contributed by atoms with van der Waals surface area (Å²) in [6.45, 7) is 5.08. The summed E-state index contributed by atoms with van der Waals surface area (Å²) in [4.78, 5) is 24.6. The van der Waals surface area contributed by atoms with Crippen LogP contribution in [0.5, 0.6) is 17.2 Å². The van der Waals surface area contributed by atoms with Crippen LogP contribution in [-0.4, -0.2) is 38.2 Å². The lowest BCUT2D eigenvalue weighted by Crippen LogP contribution is -2.38. The molecule has 7 nitrogen and oxygen atoms in total. The topological polar surface area (TPSA) is 85.9 Å². The number of ether oxygens (including phenoxy) is 3. The molecule has 1 atom stereocenters. The lowest BCUT2D eigenvalue weighted by Gasteiger charge is -2.21. The fourth-order valence-corrected chi connectivity index (χ4v) is 2.90. The van der Waals surface area contributed by atoms with Crippen molar-refractivity contribution < 1.29 is 23.8 Å². The number of amides is 2. The summed E-state index contributed by atoms with van der Waals surface area (Å²) in [6.07, 6.45) is 0. The first-order chi connectivity index (χ1) is 13.6. The predicted molar refractivity (Wildman–Crippen MR) is 104 cm³/mol. The minimum atomic E-state index is -0.355. The van der Waals surface area contributed by atoms with E-state index in [1.54, 1.807) is 24.3 Å². The highest BCUT2D eigenvalue weighted by Gasteiger charge is 2.17. The number of carbonyl (C=O) groups is 2. The Bertz CT molecular complexity index is 852. The number of rotatable bonds is 7. The number of carbonyl (C=O) groups excluding carboxylic acids is 2. The van der Waals surface area contributed by atoms with Crippen LogP contribution in [0.2, 0.25) is 0 Å². The van der Waals surface area contributed by atoms with Gasteiger partial charge in [-0.2, -0.15) is 0 Å². The van der Waals surface area contributed by atoms with E-state index in [0.29, 0.717) is 42.6 Å². The molecule has 0 unspecified atom stereocenters. The van der Waals surface area contributed by atoms with Crippen LogP contribution < -0.4 is 24.8 Å². The number of para-hydroxylation sites is 1. The molecule has 0 saturated carbocycles. The first kappa shape index (κ1) is 19.5. The molecular formula is C21H24N2O5. The average Bonchev–Trinajstić information content (AvgIpc) is 2.72. The Morgan fingerprint density at radius 1 is 1.11 bits per heavy atom. The van der Waals surface area contributed by atoms with Crippen LogP contribution in [-0.2, 0) is 4.79 Å². The van der Waals surface area contributed by atoms with E-state index in [9.17, 15) is 9.59 Å². The summed E-state index contributed by atoms with van der Waals surface area (Å²) >= 11 is 0. The minimum Gasteiger partial charge on any atom is -0.493 e. The van der Waals surface area contributed by atoms with E-state index < -0.39 is 0 Å². The fourth-order valence-electron chi connectivity index (χ4n) is 2.90. The minimum absolute atomic E-state index is 0.131. The van der Waals surface area contributed by atoms with Gasteiger partial charge in [-0.1, -0.05) is 18.2 Å². The third-order valence-electron chi connectivity index (χ3n) is 4.28. The molecule has 2 N–H and O–H groups in total. The van der Waals surface area contributed by atoms with Crippen LogP contribution in [0.15, 0.2) is 42.5 Å². The molecule has 2 amide bonds. The molecule has 28 heavy (non-hydrogen) atoms. The Balaban J connectivity index is 1.55. The normalized spacial score (nSPS) is 13.4. The number of fused-ring (bicyclic) bond motifs is 1. The molecule has 0 radical (unpaired) electrons. The van der Waals surface area contributed by atoms with Gasteiger partial charge in [0.25, 0.3) is 5.91 Å². The van der Waals surface area contributed by atoms with Crippen molar-refractivity contribution >= 4 is 11.8 Å². The van der Waals surface area contributed by atoms with E-state index in [4.69, 9.17) is 14.2 Å². The summed E-state index contributed by atoms with van der Waals surface area (Å²) < 4.78 is 16.5. The number of benzene rings is 2. The van der Waals surface area contributed by atoms with E-state index in [-0.39, 0.29) is 24.4 Å². The molecule has 0 bridgehead atoms. The Morgan fingerprint density at radius 3 is 2.64 bits per heavy atom. The van der Waals surface area contributed by atoms with Crippen molar-refractivity contribution in [2.75, 3.05) is 26.4 Å². The quantitative estimate of drug-likeness (QED) is 0.766. The van der Waals surface area contributed by atoms with Gasteiger partial charge in [0.05, 0.1) is 24.8 Å². The summed E-state index contributed by atoms with van der Waals surface area (Å²) in [6, 6.07) is 12.3. The summed E-state index contributed by atoms with van der Waals surface area (Å²) in [7, 11) is 0. The maximum absolute atomic E-state index is 12.4. The molecule has 1 aliphatic rings. The molecular weight excluding hydrogens is 360 g/mol. The maximum atomic E-state index is 12.4. The SMILES string of the molecule is CCOc1ccccc1C(=O)NCC(=O)N[C@H](C)c1ccc2c(c1)OCCO2. The van der Waals surface area contributed by atoms with Crippen LogP contribution in [0.4, 0.5) is 0 Å². The lowest BCUT2D eigenvalue weighted by atomic mass is 10.1. The molecule has 0 aliphatic carbocycles. The van der Waals surface area contributed by atoms with Crippen LogP contribution in [0.3, 0.4) is 0 Å². The zero-order chi connectivity index (χ0) is 19.9. The second kappa shape index (κ2) is 9.12. The van der Waals surface area contributed by atoms with Crippen molar-refractivity contribution in [1.82, 2.24) is 10.6 Å². The maximum Gasteiger partial charge on any atom is 0.255 e. The highest BCUT2D eigenvalue weighted by Crippen LogP contribution is 2.32. The number of hydrogen-bond donors (Lipinski definition) is 2. The first-order valence-electron chi connectivity index (χ1n) is 9.27. The predicted octanol–water partition coefficient (Wildman–Crippen LogP) is 2.46. The molecule has 0 aromatic heterocycles. The third kappa shape index (κ3) is 4.73. The lowest BCUT2D eigenvalue weighted by molar-refractivity contribution is -0.120. The Morgan fingerprint density at radius 2 is 1.86 bits per heavy atom. The van der Waals surface area contributed by atoms with Crippen LogP contribution in [0.25, 0.3) is 0 Å². The standard InChI is InChI=1S/C21H24N2O5/c1-3-26-17-7-5-4-6-16(17)21(25)22-13-20(24)23-14(2)15-8-9-18-19(12-15)28-11-10-27-18/h4-9,12,14H,3,10-11,13H2,1-2H3,(H,22,25)(H,23,24)/t14-/m1/s1. The fraction of sp³-hybridized carbons (Fsp3) is 0.333. The largest absolute Gasteiger partial charge is 0.493 e. The van der Waals surface area contributed by atoms with Gasteiger partial charge in [-0.15, -0.1) is 0 Å². The van der Waals surface area contributed by atoms with Gasteiger partial charge in [0.2, 0.25) is 5.91 Å². The van der Waals surface area contributed by atoms with Crippen LogP contribution >= 0.6 is 0 Å². The highest BCUT2D eigenvalue weighted by molar-refractivity contribution is 5.98. The van der Waals surface area contributed by atoms with Crippen molar-refractivity contribution in [3.05, 3.63) is 53.6 Å². The molecule has 1 heterocycles. The van der Waals surface area contributed by atoms with Gasteiger partial charge in [-0.3, -0.25) is 9.59 Å². The molecule has 7 heteroatoms. The monoisotopic (exact) mass is 384 g/mol. The van der Waals surface area contributed by atoms with E-state index in [1.165, 1.54) is 0 Å². The molecule has 0 spiro atoms. The van der Waals surface area contributed by atoms with Crippen molar-refractivity contribution in [3.8, 4) is 17.2 Å². The second-order valence-electron chi connectivity index (χ2n) is 6.30. The molecule has 0 saturated heterocycles. The van der Waals surface area contributed by atoms with Gasteiger partial charge in [0.1, 0.15) is 19.0 Å². The molecule has 148 valence electrons. The van der Waals surface area contributed by atoms with Gasteiger partial charge < -0.3 is 24.8 Å². The number of nitrogens with one attached hydrogen (secondary N) is 2. The van der Waals surface area contributed by atoms with Gasteiger partial charge in [-0.25, -0.2) is 0 Å². The molecule has 2 aromatic rings. The van der Waals surface area contributed by atoms with Crippen molar-refractivity contribution in [2.45, 2.75) is 19.9 Å². The first-order valence-corrected chi connectivity index (χ1v) is 9.27. The highest BCUT2D eigenvalue weighted by atomic mass is 16.6. The van der Waals surface area contributed by atoms with Gasteiger partial charge in [0, 0.05) is 0 Å². The van der Waals surface area contributed by atoms with Crippen molar-refractivity contribution in [1.29, 1.82) is 0 Å². The molecule has 3 rings (SSSR count). The molecule has 1 aliphatic heterocycles. The zero-order valence-electron chi connectivity index (χ0n) is 16.0. The van der Waals surface area contributed by atoms with E-state index in [2.05, 4.69) is 10.6 Å². The van der Waals surface area contributed by atoms with E-state index in [1.807, 2.05) is 32.0 Å². The summed E-state index contributed by atoms with van der Waals surface area (Å²) in [5.74, 6) is 1.22. The summed E-state index contributed by atoms with van der Waals surface area (Å²) in [5.41, 5.74) is 1.29. The van der Waals surface area contributed by atoms with E-state index >= 15 is 0 Å². The van der Waals surface area contributed by atoms with Gasteiger partial charge >= 0.3 is 0 Å². The molecule has 2 aromatic carbocycles. The van der Waals surface area contributed by atoms with Crippen LogP contribution in [0, 0.1) is 0 Å². The second-order valence-corrected chi connectivity index (χ2v) is 6.30. The Hall–Kier alpha value is -3.22. The van der Waals surface area contributed by atoms with Gasteiger partial charge in [0.15, 0.2) is 11.5 Å². The smallest absolute Gasteiger partial charge is 0.255 e. The van der Waals surface area contributed by atoms with Crippen molar-refractivity contribution in [3.63, 3.8) is 0 Å². The van der Waals surface area contributed by atoms with Crippen molar-refractivity contribution in [2.24, 2.45) is 0 Å². The number of hydrogen-bond acceptors (Lipinski definition) is 5. The Labute approximate surface area is 164 Å². The zero-order valence-corrected chi connectivity index (χ0v) is 16.0. The average molecular weight is 384 g/mol. The summed E-state index contributed by atoms with van der Waals surface area (Å²) in [5, 5.41) is 5.50. The van der Waals surface area contributed by atoms with Gasteiger partial charge in [-0.05, 0) is 43.7 Å².